The van der Waals surface area contributed by atoms with Gasteiger partial charge in [0.25, 0.3) is 0 Å². The molecule has 0 spiro atoms. The van der Waals surface area contributed by atoms with Crippen molar-refractivity contribution >= 4 is 0 Å². The number of hydrogen-bond donors (Lipinski definition) is 0. The molecule has 0 radical (unpaired) electrons. The van der Waals surface area contributed by atoms with E-state index in [9.17, 15) is 0 Å². The number of nitriles is 2. The molecule has 0 aromatic heterocycles. The smallest absolute Gasteiger partial charge is 0.0867 e. The molecule has 0 aromatic carbocycles. The normalized spacial score (nSPS) is 9.33. The lowest BCUT2D eigenvalue weighted by molar-refractivity contribution is 0.156. The highest BCUT2D eigenvalue weighted by Crippen LogP contribution is 1.89. The Hall–Kier alpha value is -1.10. The molecule has 0 saturated carbocycles. The van der Waals surface area contributed by atoms with Crippen molar-refractivity contribution in [3.05, 3.63) is 0 Å². The first-order valence-corrected chi connectivity index (χ1v) is 3.80. The zero-order valence-electron chi connectivity index (χ0n) is 7.29. The Kier molecular flexibility index (Phi) is 7.27. The summed E-state index contributed by atoms with van der Waals surface area (Å²) in [6.45, 7) is 2.33. The first-order valence-electron chi connectivity index (χ1n) is 3.80. The molecule has 66 valence electrons. The van der Waals surface area contributed by atoms with Gasteiger partial charge in [-0.05, 0) is 0 Å². The topological polar surface area (TPSA) is 60.0 Å². The van der Waals surface area contributed by atoms with E-state index in [4.69, 9.17) is 15.3 Å². The van der Waals surface area contributed by atoms with E-state index < -0.39 is 0 Å². The maximum Gasteiger partial charge on any atom is 0.0867 e. The molecule has 0 bridgehead atoms. The van der Waals surface area contributed by atoms with Gasteiger partial charge in [0.2, 0.25) is 0 Å². The average Bonchev–Trinajstić information content (AvgIpc) is 2.10. The Morgan fingerprint density at radius 1 is 1.25 bits per heavy atom. The highest BCUT2D eigenvalue weighted by molar-refractivity contribution is 4.79. The van der Waals surface area contributed by atoms with Crippen molar-refractivity contribution in [2.75, 3.05) is 33.4 Å². The number of rotatable bonds is 6. The van der Waals surface area contributed by atoms with Crippen molar-refractivity contribution in [1.82, 2.24) is 4.90 Å². The van der Waals surface area contributed by atoms with Gasteiger partial charge >= 0.3 is 0 Å². The lowest BCUT2D eigenvalue weighted by Crippen LogP contribution is -2.28. The van der Waals surface area contributed by atoms with E-state index in [0.717, 1.165) is 0 Å². The van der Waals surface area contributed by atoms with Crippen LogP contribution >= 0.6 is 0 Å². The van der Waals surface area contributed by atoms with Crippen molar-refractivity contribution in [3.63, 3.8) is 0 Å². The minimum absolute atomic E-state index is 0.366. The van der Waals surface area contributed by atoms with Crippen LogP contribution in [0.15, 0.2) is 0 Å². The van der Waals surface area contributed by atoms with Gasteiger partial charge in [-0.3, -0.25) is 4.90 Å². The number of methoxy groups -OCH3 is 1. The second-order valence-electron chi connectivity index (χ2n) is 2.34. The number of ether oxygens (including phenoxy) is 1. The van der Waals surface area contributed by atoms with Crippen LogP contribution in [0.5, 0.6) is 0 Å². The Labute approximate surface area is 73.0 Å². The molecule has 0 N–H and O–H groups in total. The van der Waals surface area contributed by atoms with E-state index in [1.807, 2.05) is 17.0 Å². The van der Waals surface area contributed by atoms with Gasteiger partial charge in [0.1, 0.15) is 0 Å². The van der Waals surface area contributed by atoms with Gasteiger partial charge in [0.05, 0.1) is 25.3 Å². The number of nitrogens with zero attached hydrogens (tertiary/aromatic N) is 3. The molecule has 0 aromatic rings. The Bertz CT molecular complexity index is 180. The first kappa shape index (κ1) is 10.9. The average molecular weight is 167 g/mol. The van der Waals surface area contributed by atoms with E-state index >= 15 is 0 Å². The molecule has 12 heavy (non-hydrogen) atoms. The maximum atomic E-state index is 8.42. The highest BCUT2D eigenvalue weighted by atomic mass is 16.5. The lowest BCUT2D eigenvalue weighted by Gasteiger charge is -2.16. The molecule has 0 fully saturated rings. The maximum absolute atomic E-state index is 8.42. The third-order valence-corrected chi connectivity index (χ3v) is 1.45. The molecule has 0 rings (SSSR count). The summed E-state index contributed by atoms with van der Waals surface area (Å²) in [6, 6.07) is 4.09. The molecule has 0 aliphatic rings. The monoisotopic (exact) mass is 167 g/mol. The van der Waals surface area contributed by atoms with E-state index in [2.05, 4.69) is 0 Å². The van der Waals surface area contributed by atoms with Crippen LogP contribution in [0.4, 0.5) is 0 Å². The van der Waals surface area contributed by atoms with Crippen LogP contribution in [-0.4, -0.2) is 38.3 Å². The predicted octanol–water partition coefficient (Wildman–Crippen LogP) is 0.372. The van der Waals surface area contributed by atoms with Crippen molar-refractivity contribution in [2.24, 2.45) is 0 Å². The summed E-state index contributed by atoms with van der Waals surface area (Å²) >= 11 is 0. The minimum atomic E-state index is 0.366. The van der Waals surface area contributed by atoms with Crippen LogP contribution in [0, 0.1) is 22.7 Å². The van der Waals surface area contributed by atoms with Gasteiger partial charge in [0, 0.05) is 26.6 Å². The van der Waals surface area contributed by atoms with E-state index in [0.29, 0.717) is 32.7 Å². The third kappa shape index (κ3) is 5.67. The molecule has 0 aliphatic heterocycles. The molecule has 0 aliphatic carbocycles. The molecular formula is C8H13N3O. The van der Waals surface area contributed by atoms with Gasteiger partial charge in [-0.1, -0.05) is 0 Å². The summed E-state index contributed by atoms with van der Waals surface area (Å²) in [5.74, 6) is 0. The van der Waals surface area contributed by atoms with E-state index in [1.54, 1.807) is 7.11 Å². The van der Waals surface area contributed by atoms with Crippen LogP contribution in [-0.2, 0) is 4.74 Å². The standard InChI is InChI=1S/C8H13N3O/c1-12-8-7-11(6-4-10)5-2-3-9/h2,5-8H2,1H3. The highest BCUT2D eigenvalue weighted by Gasteiger charge is 2.01. The molecule has 0 saturated heterocycles. The predicted molar refractivity (Wildman–Crippen MR) is 44.2 cm³/mol. The molecule has 0 heterocycles. The Morgan fingerprint density at radius 3 is 2.50 bits per heavy atom. The molecule has 0 amide bonds. The largest absolute Gasteiger partial charge is 0.383 e. The summed E-state index contributed by atoms with van der Waals surface area (Å²) in [4.78, 5) is 1.90. The van der Waals surface area contributed by atoms with Gasteiger partial charge in [0.15, 0.2) is 0 Å². The van der Waals surface area contributed by atoms with Gasteiger partial charge in [-0.25, -0.2) is 0 Å². The van der Waals surface area contributed by atoms with Crippen LogP contribution < -0.4 is 0 Å². The fraction of sp³-hybridized carbons (Fsp3) is 0.750. The van der Waals surface area contributed by atoms with Crippen LogP contribution in [0.25, 0.3) is 0 Å². The van der Waals surface area contributed by atoms with Crippen LogP contribution in [0.1, 0.15) is 6.42 Å². The first-order chi connectivity index (χ1) is 5.85. The van der Waals surface area contributed by atoms with Crippen molar-refractivity contribution in [1.29, 1.82) is 10.5 Å². The molecule has 0 atom stereocenters. The van der Waals surface area contributed by atoms with E-state index in [1.165, 1.54) is 0 Å². The second-order valence-corrected chi connectivity index (χ2v) is 2.34. The Morgan fingerprint density at radius 2 is 2.00 bits per heavy atom. The fourth-order valence-electron chi connectivity index (χ4n) is 0.798. The van der Waals surface area contributed by atoms with Gasteiger partial charge in [-0.15, -0.1) is 0 Å². The van der Waals surface area contributed by atoms with Crippen molar-refractivity contribution < 1.29 is 4.74 Å². The third-order valence-electron chi connectivity index (χ3n) is 1.45. The number of hydrogen-bond acceptors (Lipinski definition) is 4. The second kappa shape index (κ2) is 8.00. The molecule has 0 unspecified atom stereocenters. The van der Waals surface area contributed by atoms with Crippen LogP contribution in [0.3, 0.4) is 0 Å². The zero-order valence-corrected chi connectivity index (χ0v) is 7.29. The SMILES string of the molecule is COCCN(CC#N)CCC#N. The van der Waals surface area contributed by atoms with Gasteiger partial charge < -0.3 is 4.74 Å². The zero-order chi connectivity index (χ0) is 9.23. The minimum Gasteiger partial charge on any atom is -0.383 e. The van der Waals surface area contributed by atoms with Crippen molar-refractivity contribution in [3.8, 4) is 12.1 Å². The summed E-state index contributed by atoms with van der Waals surface area (Å²) in [6.07, 6.45) is 0.464. The van der Waals surface area contributed by atoms with E-state index in [-0.39, 0.29) is 0 Å². The fourth-order valence-corrected chi connectivity index (χ4v) is 0.798. The summed E-state index contributed by atoms with van der Waals surface area (Å²) in [5, 5.41) is 16.7. The summed E-state index contributed by atoms with van der Waals surface area (Å²) in [7, 11) is 1.62. The Balaban J connectivity index is 3.57. The van der Waals surface area contributed by atoms with Gasteiger partial charge in [-0.2, -0.15) is 10.5 Å². The molecule has 4 heteroatoms. The molecular weight excluding hydrogens is 154 g/mol. The quantitative estimate of drug-likeness (QED) is 0.536. The summed E-state index contributed by atoms with van der Waals surface area (Å²) in [5.41, 5.74) is 0. The van der Waals surface area contributed by atoms with Crippen molar-refractivity contribution in [2.45, 2.75) is 6.42 Å². The molecule has 4 nitrogen and oxygen atoms in total. The lowest BCUT2D eigenvalue weighted by atomic mass is 10.4. The summed E-state index contributed by atoms with van der Waals surface area (Å²) < 4.78 is 4.86. The van der Waals surface area contributed by atoms with Crippen LogP contribution in [0.2, 0.25) is 0 Å².